The van der Waals surface area contributed by atoms with E-state index in [0.717, 1.165) is 12.5 Å². The van der Waals surface area contributed by atoms with Crippen LogP contribution >= 0.6 is 0 Å². The Bertz CT molecular complexity index is 1390. The first-order valence-corrected chi connectivity index (χ1v) is 12.0. The third kappa shape index (κ3) is 5.06. The molecule has 1 N–H and O–H groups in total. The summed E-state index contributed by atoms with van der Waals surface area (Å²) in [5.41, 5.74) is 0.450. The fourth-order valence-electron chi connectivity index (χ4n) is 3.68. The summed E-state index contributed by atoms with van der Waals surface area (Å²) in [6.07, 6.45) is -3.28. The maximum absolute atomic E-state index is 13.0. The summed E-state index contributed by atoms with van der Waals surface area (Å²) in [6.45, 7) is 1.91. The maximum atomic E-state index is 13.0. The number of hydrogen-bond acceptors (Lipinski definition) is 10. The van der Waals surface area contributed by atoms with E-state index in [0.29, 0.717) is 12.8 Å². The van der Waals surface area contributed by atoms with Crippen LogP contribution in [-0.2, 0) is 16.0 Å². The van der Waals surface area contributed by atoms with E-state index in [1.165, 1.54) is 17.9 Å². The first kappa shape index (κ1) is 24.4. The number of sulfone groups is 1. The second-order valence-electron chi connectivity index (χ2n) is 7.84. The van der Waals surface area contributed by atoms with Crippen molar-refractivity contribution in [3.63, 3.8) is 0 Å². The highest BCUT2D eigenvalue weighted by atomic mass is 32.2. The van der Waals surface area contributed by atoms with E-state index in [1.54, 1.807) is 0 Å². The molecule has 3 aromatic rings. The molecule has 0 saturated carbocycles. The van der Waals surface area contributed by atoms with Crippen molar-refractivity contribution >= 4 is 15.9 Å². The van der Waals surface area contributed by atoms with Gasteiger partial charge >= 0.3 is 12.3 Å². The lowest BCUT2D eigenvalue weighted by Crippen LogP contribution is -2.37. The monoisotopic (exact) mass is 513 g/mol. The highest BCUT2D eigenvalue weighted by molar-refractivity contribution is 7.90. The van der Waals surface area contributed by atoms with E-state index in [2.05, 4.69) is 30.1 Å². The van der Waals surface area contributed by atoms with Gasteiger partial charge in [-0.25, -0.2) is 33.1 Å². The summed E-state index contributed by atoms with van der Waals surface area (Å²) >= 11 is 0. The molecule has 1 aliphatic rings. The summed E-state index contributed by atoms with van der Waals surface area (Å²) in [5.74, 6) is -2.18. The number of hydrogen-bond donors (Lipinski definition) is 1. The van der Waals surface area contributed by atoms with Crippen LogP contribution in [0.4, 0.5) is 18.0 Å². The molecule has 0 atom stereocenters. The SMILES string of the molecule is Cc1nc(S(C)(=O)=O)nc(C2CCN(C(=O)O)CC2)c1-c1nnc(-c2ccnc(C(F)(F)F)n2)o1. The largest absolute Gasteiger partial charge is 0.465 e. The van der Waals surface area contributed by atoms with Crippen molar-refractivity contribution in [1.29, 1.82) is 0 Å². The first-order valence-electron chi connectivity index (χ1n) is 10.2. The van der Waals surface area contributed by atoms with Crippen molar-refractivity contribution in [2.24, 2.45) is 0 Å². The summed E-state index contributed by atoms with van der Waals surface area (Å²) < 4.78 is 68.8. The summed E-state index contributed by atoms with van der Waals surface area (Å²) in [5, 5.41) is 16.5. The number of aromatic nitrogens is 6. The Kier molecular flexibility index (Phi) is 6.16. The Morgan fingerprint density at radius 3 is 2.40 bits per heavy atom. The number of piperidine rings is 1. The van der Waals surface area contributed by atoms with Crippen LogP contribution in [0, 0.1) is 6.92 Å². The molecule has 4 heterocycles. The topological polar surface area (TPSA) is 165 Å². The van der Waals surface area contributed by atoms with Crippen LogP contribution in [-0.4, -0.2) is 74.0 Å². The second-order valence-corrected chi connectivity index (χ2v) is 9.75. The smallest absolute Gasteiger partial charge is 0.451 e. The zero-order valence-corrected chi connectivity index (χ0v) is 19.1. The standard InChI is InChI=1S/C19H18F3N7O5S/c1-9-12(15-28-27-14(34-15)11-3-6-23-16(25-11)19(20,21)22)13(26-17(24-9)35(2,32)33)10-4-7-29(8-5-10)18(30)31/h3,6,10H,4-5,7-8H2,1-2H3,(H,30,31). The van der Waals surface area contributed by atoms with Crippen molar-refractivity contribution in [3.05, 3.63) is 29.5 Å². The first-order chi connectivity index (χ1) is 16.3. The number of halogens is 3. The number of carboxylic acid groups (broad SMARTS) is 1. The van der Waals surface area contributed by atoms with E-state index in [4.69, 9.17) is 4.42 Å². The van der Waals surface area contributed by atoms with Crippen molar-refractivity contribution in [1.82, 2.24) is 35.0 Å². The number of likely N-dealkylation sites (tertiary alicyclic amines) is 1. The lowest BCUT2D eigenvalue weighted by atomic mass is 9.90. The molecule has 1 aliphatic heterocycles. The maximum Gasteiger partial charge on any atom is 0.451 e. The third-order valence-electron chi connectivity index (χ3n) is 5.35. The molecule has 0 unspecified atom stereocenters. The van der Waals surface area contributed by atoms with Crippen molar-refractivity contribution in [2.75, 3.05) is 19.3 Å². The molecule has 12 nitrogen and oxygen atoms in total. The van der Waals surface area contributed by atoms with Crippen molar-refractivity contribution < 1.29 is 35.9 Å². The van der Waals surface area contributed by atoms with Gasteiger partial charge in [0, 0.05) is 31.5 Å². The zero-order valence-electron chi connectivity index (χ0n) is 18.3. The van der Waals surface area contributed by atoms with Gasteiger partial charge in [0.15, 0.2) is 0 Å². The zero-order chi connectivity index (χ0) is 25.5. The van der Waals surface area contributed by atoms with Crippen LogP contribution in [0.1, 0.15) is 36.0 Å². The number of aryl methyl sites for hydroxylation is 1. The quantitative estimate of drug-likeness (QED) is 0.510. The molecule has 1 fully saturated rings. The van der Waals surface area contributed by atoms with E-state index in [1.807, 2.05) is 0 Å². The Hall–Kier alpha value is -3.69. The van der Waals surface area contributed by atoms with Crippen molar-refractivity contribution in [2.45, 2.75) is 37.0 Å². The number of nitrogens with zero attached hydrogens (tertiary/aromatic N) is 7. The number of rotatable bonds is 4. The van der Waals surface area contributed by atoms with Gasteiger partial charge in [-0.3, -0.25) is 0 Å². The molecule has 4 rings (SSSR count). The Morgan fingerprint density at radius 1 is 1.14 bits per heavy atom. The molecule has 0 aromatic carbocycles. The fraction of sp³-hybridized carbons (Fsp3) is 0.421. The van der Waals surface area contributed by atoms with Crippen LogP contribution in [0.2, 0.25) is 0 Å². The highest BCUT2D eigenvalue weighted by Gasteiger charge is 2.35. The van der Waals surface area contributed by atoms with Gasteiger partial charge in [0.1, 0.15) is 5.69 Å². The second kappa shape index (κ2) is 8.83. The summed E-state index contributed by atoms with van der Waals surface area (Å²) in [6, 6.07) is 1.17. The van der Waals surface area contributed by atoms with Crippen LogP contribution in [0.3, 0.4) is 0 Å². The average molecular weight is 513 g/mol. The van der Waals surface area contributed by atoms with Gasteiger partial charge in [-0.05, 0) is 25.8 Å². The molecule has 0 bridgehead atoms. The predicted octanol–water partition coefficient (Wildman–Crippen LogP) is 2.57. The Morgan fingerprint density at radius 2 is 1.80 bits per heavy atom. The van der Waals surface area contributed by atoms with Gasteiger partial charge in [-0.15, -0.1) is 10.2 Å². The molecule has 0 radical (unpaired) electrons. The lowest BCUT2D eigenvalue weighted by molar-refractivity contribution is -0.144. The minimum absolute atomic E-state index is 0.139. The molecule has 3 aromatic heterocycles. The molecule has 1 saturated heterocycles. The van der Waals surface area contributed by atoms with E-state index < -0.39 is 33.1 Å². The van der Waals surface area contributed by atoms with Gasteiger partial charge in [-0.1, -0.05) is 0 Å². The molecule has 0 spiro atoms. The van der Waals surface area contributed by atoms with E-state index in [9.17, 15) is 31.5 Å². The molecule has 1 amide bonds. The predicted molar refractivity (Wildman–Crippen MR) is 111 cm³/mol. The minimum Gasteiger partial charge on any atom is -0.465 e. The molecular weight excluding hydrogens is 495 g/mol. The molecule has 186 valence electrons. The molecule has 0 aliphatic carbocycles. The highest BCUT2D eigenvalue weighted by Crippen LogP contribution is 2.36. The van der Waals surface area contributed by atoms with Gasteiger partial charge < -0.3 is 14.4 Å². The van der Waals surface area contributed by atoms with E-state index >= 15 is 0 Å². The van der Waals surface area contributed by atoms with Crippen LogP contribution < -0.4 is 0 Å². The van der Waals surface area contributed by atoms with Gasteiger partial charge in [0.05, 0.1) is 17.0 Å². The Balaban J connectivity index is 1.78. The minimum atomic E-state index is -4.78. The van der Waals surface area contributed by atoms with Gasteiger partial charge in [0.25, 0.3) is 11.8 Å². The summed E-state index contributed by atoms with van der Waals surface area (Å²) in [7, 11) is -3.78. The van der Waals surface area contributed by atoms with Crippen LogP contribution in [0.25, 0.3) is 23.0 Å². The Labute approximate surface area is 196 Å². The molecule has 35 heavy (non-hydrogen) atoms. The number of carbonyl (C=O) groups is 1. The average Bonchev–Trinajstić information content (AvgIpc) is 3.27. The normalized spacial score (nSPS) is 15.4. The number of amides is 1. The summed E-state index contributed by atoms with van der Waals surface area (Å²) in [4.78, 5) is 27.4. The van der Waals surface area contributed by atoms with Crippen LogP contribution in [0.5, 0.6) is 0 Å². The van der Waals surface area contributed by atoms with Gasteiger partial charge in [-0.2, -0.15) is 13.2 Å². The van der Waals surface area contributed by atoms with Gasteiger partial charge in [0.2, 0.25) is 20.8 Å². The number of alkyl halides is 3. The molecular formula is C19H18F3N7O5S. The molecule has 16 heteroatoms. The van der Waals surface area contributed by atoms with E-state index in [-0.39, 0.29) is 53.4 Å². The van der Waals surface area contributed by atoms with Crippen LogP contribution in [0.15, 0.2) is 21.8 Å². The lowest BCUT2D eigenvalue weighted by Gasteiger charge is -2.30. The van der Waals surface area contributed by atoms with Crippen molar-refractivity contribution in [3.8, 4) is 23.0 Å². The fourth-order valence-corrected chi connectivity index (χ4v) is 4.25. The third-order valence-corrected chi connectivity index (χ3v) is 6.19.